The third-order valence-corrected chi connectivity index (χ3v) is 4.10. The first-order valence-electron chi connectivity index (χ1n) is 8.64. The van der Waals surface area contributed by atoms with Crippen molar-refractivity contribution in [3.8, 4) is 5.75 Å². The molecule has 2 amide bonds. The van der Waals surface area contributed by atoms with E-state index in [-0.39, 0.29) is 5.91 Å². The molecule has 28 heavy (non-hydrogen) atoms. The Morgan fingerprint density at radius 1 is 0.893 bits per heavy atom. The molecule has 0 atom stereocenters. The summed E-state index contributed by atoms with van der Waals surface area (Å²) in [6.45, 7) is 0.294. The van der Waals surface area contributed by atoms with Crippen molar-refractivity contribution in [1.29, 1.82) is 0 Å². The van der Waals surface area contributed by atoms with E-state index in [9.17, 15) is 14.0 Å². The van der Waals surface area contributed by atoms with Gasteiger partial charge in [-0.3, -0.25) is 9.59 Å². The van der Waals surface area contributed by atoms with Gasteiger partial charge in [-0.25, -0.2) is 4.39 Å². The number of amides is 2. The van der Waals surface area contributed by atoms with Gasteiger partial charge in [0.15, 0.2) is 0 Å². The van der Waals surface area contributed by atoms with Gasteiger partial charge in [-0.05, 0) is 42.5 Å². The summed E-state index contributed by atoms with van der Waals surface area (Å²) >= 11 is 0. The van der Waals surface area contributed by atoms with Crippen molar-refractivity contribution in [2.75, 3.05) is 12.4 Å². The van der Waals surface area contributed by atoms with E-state index in [1.54, 1.807) is 31.4 Å². The highest BCUT2D eigenvalue weighted by molar-refractivity contribution is 6.06. The van der Waals surface area contributed by atoms with Crippen LogP contribution in [0.2, 0.25) is 0 Å². The molecule has 3 rings (SSSR count). The Hall–Kier alpha value is -3.67. The predicted molar refractivity (Wildman–Crippen MR) is 105 cm³/mol. The second kappa shape index (κ2) is 8.81. The summed E-state index contributed by atoms with van der Waals surface area (Å²) in [6.07, 6.45) is 0. The largest absolute Gasteiger partial charge is 0.496 e. The lowest BCUT2D eigenvalue weighted by molar-refractivity contribution is 0.0950. The Kier molecular flexibility index (Phi) is 6.01. The Balaban J connectivity index is 1.68. The van der Waals surface area contributed by atoms with Crippen molar-refractivity contribution >= 4 is 17.5 Å². The molecule has 0 aliphatic carbocycles. The van der Waals surface area contributed by atoms with Crippen LogP contribution in [0.25, 0.3) is 0 Å². The topological polar surface area (TPSA) is 67.4 Å². The molecular formula is C22H19FN2O3. The van der Waals surface area contributed by atoms with Gasteiger partial charge < -0.3 is 15.4 Å². The fourth-order valence-electron chi connectivity index (χ4n) is 2.70. The number of benzene rings is 3. The maximum absolute atomic E-state index is 13.3. The Morgan fingerprint density at radius 3 is 2.36 bits per heavy atom. The zero-order valence-electron chi connectivity index (χ0n) is 15.2. The molecule has 0 saturated carbocycles. The number of carbonyl (C=O) groups excluding carboxylic acids is 2. The molecule has 0 spiro atoms. The summed E-state index contributed by atoms with van der Waals surface area (Å²) in [6, 6.07) is 19.3. The summed E-state index contributed by atoms with van der Waals surface area (Å²) < 4.78 is 18.5. The number of para-hydroxylation sites is 1. The third kappa shape index (κ3) is 4.73. The summed E-state index contributed by atoms with van der Waals surface area (Å²) in [5, 5.41) is 5.42. The van der Waals surface area contributed by atoms with E-state index in [1.807, 2.05) is 24.3 Å². The number of hydrogen-bond donors (Lipinski definition) is 2. The number of carbonyl (C=O) groups is 2. The minimum Gasteiger partial charge on any atom is -0.496 e. The van der Waals surface area contributed by atoms with Crippen LogP contribution in [-0.4, -0.2) is 18.9 Å². The van der Waals surface area contributed by atoms with Crippen molar-refractivity contribution in [2.45, 2.75) is 6.54 Å². The van der Waals surface area contributed by atoms with Gasteiger partial charge in [-0.15, -0.1) is 0 Å². The smallest absolute Gasteiger partial charge is 0.255 e. The molecular weight excluding hydrogens is 359 g/mol. The van der Waals surface area contributed by atoms with Crippen molar-refractivity contribution < 1.29 is 18.7 Å². The molecule has 5 nitrogen and oxygen atoms in total. The number of anilines is 1. The molecule has 0 bridgehead atoms. The van der Waals surface area contributed by atoms with Gasteiger partial charge in [0.25, 0.3) is 11.8 Å². The lowest BCUT2D eigenvalue weighted by Crippen LogP contribution is -2.23. The molecule has 0 aliphatic rings. The van der Waals surface area contributed by atoms with E-state index in [0.717, 1.165) is 5.56 Å². The van der Waals surface area contributed by atoms with Crippen molar-refractivity contribution in [1.82, 2.24) is 5.32 Å². The van der Waals surface area contributed by atoms with E-state index in [4.69, 9.17) is 4.74 Å². The van der Waals surface area contributed by atoms with Crippen molar-refractivity contribution in [3.05, 3.63) is 95.3 Å². The van der Waals surface area contributed by atoms with Crippen LogP contribution in [-0.2, 0) is 6.54 Å². The van der Waals surface area contributed by atoms with Crippen LogP contribution in [0.15, 0.2) is 72.8 Å². The molecule has 2 N–H and O–H groups in total. The molecule has 0 saturated heterocycles. The zero-order chi connectivity index (χ0) is 19.9. The molecule has 0 heterocycles. The summed E-state index contributed by atoms with van der Waals surface area (Å²) in [5.74, 6) is -0.496. The first kappa shape index (κ1) is 19.1. The van der Waals surface area contributed by atoms with E-state index in [1.165, 1.54) is 24.3 Å². The lowest BCUT2D eigenvalue weighted by atomic mass is 10.1. The highest BCUT2D eigenvalue weighted by atomic mass is 19.1. The molecule has 142 valence electrons. The van der Waals surface area contributed by atoms with Gasteiger partial charge in [0.2, 0.25) is 0 Å². The highest BCUT2D eigenvalue weighted by Crippen LogP contribution is 2.17. The predicted octanol–water partition coefficient (Wildman–Crippen LogP) is 4.02. The molecule has 3 aromatic carbocycles. The molecule has 0 fully saturated rings. The highest BCUT2D eigenvalue weighted by Gasteiger charge is 2.12. The third-order valence-electron chi connectivity index (χ3n) is 4.10. The molecule has 0 aliphatic heterocycles. The first-order chi connectivity index (χ1) is 13.6. The zero-order valence-corrected chi connectivity index (χ0v) is 15.2. The standard InChI is InChI=1S/C22H19FN2O3/c1-28-20-11-3-2-6-17(20)14-24-21(26)15-7-4-8-16(12-15)22(27)25-19-10-5-9-18(23)13-19/h2-13H,14H2,1H3,(H,24,26)(H,25,27). The van der Waals surface area contributed by atoms with Gasteiger partial charge in [0, 0.05) is 28.9 Å². The molecule has 0 radical (unpaired) electrons. The number of halogens is 1. The van der Waals surface area contributed by atoms with Crippen LogP contribution >= 0.6 is 0 Å². The maximum Gasteiger partial charge on any atom is 0.255 e. The van der Waals surface area contributed by atoms with Crippen molar-refractivity contribution in [3.63, 3.8) is 0 Å². The average molecular weight is 378 g/mol. The Morgan fingerprint density at radius 2 is 1.61 bits per heavy atom. The SMILES string of the molecule is COc1ccccc1CNC(=O)c1cccc(C(=O)Nc2cccc(F)c2)c1. The molecule has 0 unspecified atom stereocenters. The van der Waals surface area contributed by atoms with E-state index < -0.39 is 11.7 Å². The van der Waals surface area contributed by atoms with Crippen LogP contribution in [0.1, 0.15) is 26.3 Å². The van der Waals surface area contributed by atoms with Gasteiger partial charge in [-0.1, -0.05) is 30.3 Å². The van der Waals surface area contributed by atoms with Crippen LogP contribution in [0.4, 0.5) is 10.1 Å². The summed E-state index contributed by atoms with van der Waals surface area (Å²) in [4.78, 5) is 24.8. The lowest BCUT2D eigenvalue weighted by Gasteiger charge is -2.10. The minimum absolute atomic E-state index is 0.294. The first-order valence-corrected chi connectivity index (χ1v) is 8.64. The average Bonchev–Trinajstić information content (AvgIpc) is 2.72. The fourth-order valence-corrected chi connectivity index (χ4v) is 2.70. The molecule has 6 heteroatoms. The van der Waals surface area contributed by atoms with Gasteiger partial charge >= 0.3 is 0 Å². The minimum atomic E-state index is -0.442. The fraction of sp³-hybridized carbons (Fsp3) is 0.0909. The molecule has 3 aromatic rings. The van der Waals surface area contributed by atoms with Gasteiger partial charge in [0.1, 0.15) is 11.6 Å². The van der Waals surface area contributed by atoms with Crippen LogP contribution in [0, 0.1) is 5.82 Å². The number of rotatable bonds is 6. The second-order valence-corrected chi connectivity index (χ2v) is 6.04. The van der Waals surface area contributed by atoms with Crippen molar-refractivity contribution in [2.24, 2.45) is 0 Å². The van der Waals surface area contributed by atoms with E-state index in [2.05, 4.69) is 10.6 Å². The normalized spacial score (nSPS) is 10.2. The monoisotopic (exact) mass is 378 g/mol. The number of methoxy groups -OCH3 is 1. The number of ether oxygens (including phenoxy) is 1. The number of nitrogens with one attached hydrogen (secondary N) is 2. The van der Waals surface area contributed by atoms with Crippen LogP contribution in [0.5, 0.6) is 5.75 Å². The molecule has 0 aromatic heterocycles. The van der Waals surface area contributed by atoms with Crippen LogP contribution in [0.3, 0.4) is 0 Å². The quantitative estimate of drug-likeness (QED) is 0.681. The van der Waals surface area contributed by atoms with Gasteiger partial charge in [0.05, 0.1) is 7.11 Å². The van der Waals surface area contributed by atoms with E-state index in [0.29, 0.717) is 29.1 Å². The van der Waals surface area contributed by atoms with Crippen LogP contribution < -0.4 is 15.4 Å². The summed E-state index contributed by atoms with van der Waals surface area (Å²) in [5.41, 5.74) is 1.84. The van der Waals surface area contributed by atoms with Gasteiger partial charge in [-0.2, -0.15) is 0 Å². The summed E-state index contributed by atoms with van der Waals surface area (Å²) in [7, 11) is 1.57. The Labute approximate surface area is 162 Å². The second-order valence-electron chi connectivity index (χ2n) is 6.04. The van der Waals surface area contributed by atoms with E-state index >= 15 is 0 Å². The maximum atomic E-state index is 13.3. The number of hydrogen-bond acceptors (Lipinski definition) is 3. The Bertz CT molecular complexity index is 1000.